The van der Waals surface area contributed by atoms with Gasteiger partial charge >= 0.3 is 0 Å². The molecule has 6 heteroatoms. The second-order valence-corrected chi connectivity index (χ2v) is 6.81. The molecule has 3 rings (SSSR count). The smallest absolute Gasteiger partial charge is 0.224 e. The lowest BCUT2D eigenvalue weighted by Crippen LogP contribution is -2.34. The summed E-state index contributed by atoms with van der Waals surface area (Å²) in [6.07, 6.45) is 0.521. The van der Waals surface area contributed by atoms with Gasteiger partial charge in [0, 0.05) is 49.2 Å². The highest BCUT2D eigenvalue weighted by Crippen LogP contribution is 2.31. The quantitative estimate of drug-likeness (QED) is 0.435. The van der Waals surface area contributed by atoms with Crippen LogP contribution >= 0.6 is 24.8 Å². The number of hydrogen-bond donors (Lipinski definition) is 0. The number of pyridine rings is 1. The number of carbonyl (C=O) groups excluding carboxylic acids is 1. The predicted molar refractivity (Wildman–Crippen MR) is 132 cm³/mol. The third-order valence-corrected chi connectivity index (χ3v) is 5.20. The van der Waals surface area contributed by atoms with Crippen LogP contribution in [0.25, 0.3) is 22.2 Å². The number of para-hydroxylation sites is 1. The Hall–Kier alpha value is -2.30. The van der Waals surface area contributed by atoms with Crippen LogP contribution in [0.4, 0.5) is 5.69 Å². The topological polar surface area (TPSA) is 36.4 Å². The molecule has 0 saturated carbocycles. The molecule has 0 spiro atoms. The van der Waals surface area contributed by atoms with Gasteiger partial charge in [0.25, 0.3) is 0 Å². The summed E-state index contributed by atoms with van der Waals surface area (Å²) in [6.45, 7) is 9.26. The minimum atomic E-state index is 0. The van der Waals surface area contributed by atoms with Crippen molar-refractivity contribution >= 4 is 47.3 Å². The summed E-state index contributed by atoms with van der Waals surface area (Å²) in [5.74, 6) is 0.213. The maximum atomic E-state index is 12.5. The number of nitrogens with zero attached hydrogens (tertiary/aromatic N) is 3. The number of halogens is 2. The first-order valence-electron chi connectivity index (χ1n) is 10.2. The molecule has 0 bridgehead atoms. The first-order chi connectivity index (χ1) is 13.7. The van der Waals surface area contributed by atoms with Crippen molar-refractivity contribution in [2.24, 2.45) is 0 Å². The van der Waals surface area contributed by atoms with Crippen molar-refractivity contribution in [1.82, 2.24) is 9.88 Å². The lowest BCUT2D eigenvalue weighted by molar-refractivity contribution is -0.130. The Labute approximate surface area is 192 Å². The molecular weight excluding hydrogens is 417 g/mol. The van der Waals surface area contributed by atoms with Gasteiger partial charge in [0.1, 0.15) is 0 Å². The molecule has 0 N–H and O–H groups in total. The number of hydrogen-bond acceptors (Lipinski definition) is 3. The van der Waals surface area contributed by atoms with Crippen LogP contribution in [0.3, 0.4) is 0 Å². The Morgan fingerprint density at radius 1 is 0.867 bits per heavy atom. The minimum absolute atomic E-state index is 0. The molecule has 162 valence electrons. The number of rotatable bonds is 8. The third kappa shape index (κ3) is 5.87. The fraction of sp³-hybridized carbons (Fsp3) is 0.333. The number of carbonyl (C=O) groups is 1. The van der Waals surface area contributed by atoms with Crippen molar-refractivity contribution < 1.29 is 4.79 Å². The van der Waals surface area contributed by atoms with Crippen molar-refractivity contribution in [2.45, 2.75) is 27.2 Å². The van der Waals surface area contributed by atoms with E-state index >= 15 is 0 Å². The second-order valence-electron chi connectivity index (χ2n) is 6.81. The summed E-state index contributed by atoms with van der Waals surface area (Å²) in [7, 11) is 0. The van der Waals surface area contributed by atoms with Crippen LogP contribution in [-0.4, -0.2) is 42.0 Å². The fourth-order valence-electron chi connectivity index (χ4n) is 3.59. The van der Waals surface area contributed by atoms with Crippen molar-refractivity contribution in [2.75, 3.05) is 31.1 Å². The molecular formula is C24H31Cl2N3O. The average Bonchev–Trinajstić information content (AvgIpc) is 2.75. The first kappa shape index (κ1) is 25.7. The summed E-state index contributed by atoms with van der Waals surface area (Å²) >= 11 is 0. The van der Waals surface area contributed by atoms with Gasteiger partial charge in [-0.25, -0.2) is 4.98 Å². The monoisotopic (exact) mass is 447 g/mol. The zero-order valence-corrected chi connectivity index (χ0v) is 19.5. The summed E-state index contributed by atoms with van der Waals surface area (Å²) in [4.78, 5) is 21.6. The molecule has 0 radical (unpaired) electrons. The van der Waals surface area contributed by atoms with Gasteiger partial charge < -0.3 is 9.80 Å². The molecule has 0 unspecified atom stereocenters. The summed E-state index contributed by atoms with van der Waals surface area (Å²) < 4.78 is 0. The predicted octanol–water partition coefficient (Wildman–Crippen LogP) is 5.83. The molecule has 30 heavy (non-hydrogen) atoms. The van der Waals surface area contributed by atoms with Crippen LogP contribution in [0.5, 0.6) is 0 Å². The molecule has 0 fully saturated rings. The highest BCUT2D eigenvalue weighted by molar-refractivity contribution is 5.94. The standard InChI is InChI=1S/C24H29N3O.2ClH/c1-4-26(5-2)24(28)16-17-27(6-3)23-18-22(19-12-8-7-9-13-19)25-21-15-11-10-14-20(21)23;;/h7-15,18H,4-6,16-17H2,1-3H3;2*1H. The second kappa shape index (κ2) is 12.4. The first-order valence-corrected chi connectivity index (χ1v) is 10.2. The van der Waals surface area contributed by atoms with Gasteiger partial charge in [0.2, 0.25) is 5.91 Å². The summed E-state index contributed by atoms with van der Waals surface area (Å²) in [5.41, 5.74) is 4.18. The van der Waals surface area contributed by atoms with Gasteiger partial charge in [-0.1, -0.05) is 48.5 Å². The maximum absolute atomic E-state index is 12.5. The Bertz CT molecular complexity index is 930. The molecule has 0 aliphatic carbocycles. The zero-order valence-electron chi connectivity index (χ0n) is 17.9. The van der Waals surface area contributed by atoms with Crippen molar-refractivity contribution in [1.29, 1.82) is 0 Å². The third-order valence-electron chi connectivity index (χ3n) is 5.20. The molecule has 1 heterocycles. The zero-order chi connectivity index (χ0) is 19.9. The van der Waals surface area contributed by atoms with Gasteiger partial charge in [0.05, 0.1) is 11.2 Å². The number of benzene rings is 2. The number of aromatic nitrogens is 1. The van der Waals surface area contributed by atoms with Crippen LogP contribution < -0.4 is 4.90 Å². The van der Waals surface area contributed by atoms with Gasteiger partial charge in [-0.2, -0.15) is 0 Å². The van der Waals surface area contributed by atoms with E-state index in [0.717, 1.165) is 47.5 Å². The fourth-order valence-corrected chi connectivity index (χ4v) is 3.59. The number of anilines is 1. The van der Waals surface area contributed by atoms with Gasteiger partial charge in [0.15, 0.2) is 0 Å². The highest BCUT2D eigenvalue weighted by atomic mass is 35.5. The minimum Gasteiger partial charge on any atom is -0.371 e. The number of fused-ring (bicyclic) bond motifs is 1. The van der Waals surface area contributed by atoms with Crippen LogP contribution in [0.2, 0.25) is 0 Å². The molecule has 0 saturated heterocycles. The Morgan fingerprint density at radius 3 is 2.13 bits per heavy atom. The lowest BCUT2D eigenvalue weighted by atomic mass is 10.1. The highest BCUT2D eigenvalue weighted by Gasteiger charge is 2.15. The van der Waals surface area contributed by atoms with E-state index in [0.29, 0.717) is 13.0 Å². The van der Waals surface area contributed by atoms with E-state index in [1.165, 1.54) is 0 Å². The Balaban J connectivity index is 0.00000225. The van der Waals surface area contributed by atoms with E-state index in [-0.39, 0.29) is 30.7 Å². The molecule has 0 aliphatic heterocycles. The maximum Gasteiger partial charge on any atom is 0.224 e. The van der Waals surface area contributed by atoms with E-state index in [1.54, 1.807) is 0 Å². The van der Waals surface area contributed by atoms with Crippen molar-refractivity contribution in [3.63, 3.8) is 0 Å². The Morgan fingerprint density at radius 2 is 1.50 bits per heavy atom. The van der Waals surface area contributed by atoms with E-state index in [9.17, 15) is 4.79 Å². The van der Waals surface area contributed by atoms with Crippen molar-refractivity contribution in [3.05, 3.63) is 60.7 Å². The molecule has 3 aromatic rings. The molecule has 0 atom stereocenters. The Kier molecular flexibility index (Phi) is 10.6. The van der Waals surface area contributed by atoms with Gasteiger partial charge in [-0.3, -0.25) is 4.79 Å². The lowest BCUT2D eigenvalue weighted by Gasteiger charge is -2.26. The molecule has 1 amide bonds. The SMILES string of the molecule is CCN(CC)C(=O)CCN(CC)c1cc(-c2ccccc2)nc2ccccc12.Cl.Cl. The summed E-state index contributed by atoms with van der Waals surface area (Å²) in [5, 5.41) is 1.12. The van der Waals surface area contributed by atoms with Crippen LogP contribution in [0.1, 0.15) is 27.2 Å². The molecule has 2 aromatic carbocycles. The van der Waals surface area contributed by atoms with E-state index in [1.807, 2.05) is 49.1 Å². The van der Waals surface area contributed by atoms with Crippen LogP contribution in [0.15, 0.2) is 60.7 Å². The van der Waals surface area contributed by atoms with Crippen LogP contribution in [0, 0.1) is 0 Å². The van der Waals surface area contributed by atoms with E-state index in [4.69, 9.17) is 4.98 Å². The van der Waals surface area contributed by atoms with Gasteiger partial charge in [-0.05, 0) is 32.9 Å². The molecule has 0 aliphatic rings. The molecule has 4 nitrogen and oxygen atoms in total. The largest absolute Gasteiger partial charge is 0.371 e. The van der Waals surface area contributed by atoms with E-state index in [2.05, 4.69) is 42.2 Å². The molecule has 1 aromatic heterocycles. The normalized spacial score (nSPS) is 10.1. The number of amides is 1. The van der Waals surface area contributed by atoms with Gasteiger partial charge in [-0.15, -0.1) is 24.8 Å². The summed E-state index contributed by atoms with van der Waals surface area (Å²) in [6, 6.07) is 20.6. The van der Waals surface area contributed by atoms with Crippen LogP contribution in [-0.2, 0) is 4.79 Å². The average molecular weight is 448 g/mol. The van der Waals surface area contributed by atoms with Crippen molar-refractivity contribution in [3.8, 4) is 11.3 Å². The van der Waals surface area contributed by atoms with E-state index < -0.39 is 0 Å².